The second-order valence-corrected chi connectivity index (χ2v) is 5.33. The molecule has 1 atom stereocenters. The average Bonchev–Trinajstić information content (AvgIpc) is 2.44. The molecule has 1 saturated carbocycles. The Hall–Kier alpha value is -1.44. The molecule has 18 heavy (non-hydrogen) atoms. The van der Waals surface area contributed by atoms with Crippen LogP contribution in [0.25, 0.3) is 6.08 Å². The van der Waals surface area contributed by atoms with Gasteiger partial charge in [-0.1, -0.05) is 49.6 Å². The van der Waals surface area contributed by atoms with E-state index < -0.39 is 5.67 Å². The molecule has 0 spiro atoms. The van der Waals surface area contributed by atoms with Crippen molar-refractivity contribution in [3.8, 4) is 0 Å². The molecule has 3 rings (SSSR count). The summed E-state index contributed by atoms with van der Waals surface area (Å²) < 4.78 is 15.4. The van der Waals surface area contributed by atoms with Crippen LogP contribution < -0.4 is 0 Å². The van der Waals surface area contributed by atoms with Gasteiger partial charge in [-0.3, -0.25) is 4.79 Å². The molecule has 0 saturated heterocycles. The fraction of sp³-hybridized carbons (Fsp3) is 0.438. The summed E-state index contributed by atoms with van der Waals surface area (Å²) in [4.78, 5) is 12.1. The van der Waals surface area contributed by atoms with Gasteiger partial charge in [0.2, 0.25) is 5.67 Å². The third-order valence-corrected chi connectivity index (χ3v) is 4.29. The highest BCUT2D eigenvalue weighted by atomic mass is 19.1. The molecule has 0 bridgehead atoms. The SMILES string of the molecule is O=C1C=Cc2ccccc2C1(F)C1CCCCC1. The van der Waals surface area contributed by atoms with E-state index in [0.717, 1.165) is 37.7 Å². The summed E-state index contributed by atoms with van der Waals surface area (Å²) in [7, 11) is 0. The van der Waals surface area contributed by atoms with Crippen LogP contribution >= 0.6 is 0 Å². The number of rotatable bonds is 1. The Morgan fingerprint density at radius 3 is 2.56 bits per heavy atom. The number of hydrogen-bond acceptors (Lipinski definition) is 1. The Bertz CT molecular complexity index is 500. The van der Waals surface area contributed by atoms with Gasteiger partial charge in [0.1, 0.15) is 0 Å². The van der Waals surface area contributed by atoms with Crippen molar-refractivity contribution >= 4 is 11.9 Å². The first-order chi connectivity index (χ1) is 8.73. The van der Waals surface area contributed by atoms with E-state index in [9.17, 15) is 4.79 Å². The highest BCUT2D eigenvalue weighted by Gasteiger charge is 2.48. The Morgan fingerprint density at radius 2 is 1.78 bits per heavy atom. The molecule has 0 aliphatic heterocycles. The third-order valence-electron chi connectivity index (χ3n) is 4.29. The molecular formula is C16H17FO. The van der Waals surface area contributed by atoms with Crippen LogP contribution in [0.15, 0.2) is 30.3 Å². The van der Waals surface area contributed by atoms with Crippen LogP contribution in [-0.2, 0) is 10.5 Å². The summed E-state index contributed by atoms with van der Waals surface area (Å²) >= 11 is 0. The summed E-state index contributed by atoms with van der Waals surface area (Å²) in [5.74, 6) is -0.516. The van der Waals surface area contributed by atoms with Crippen molar-refractivity contribution in [2.24, 2.45) is 5.92 Å². The predicted octanol–water partition coefficient (Wildman–Crippen LogP) is 4.03. The Morgan fingerprint density at radius 1 is 1.06 bits per heavy atom. The van der Waals surface area contributed by atoms with Crippen molar-refractivity contribution in [3.05, 3.63) is 41.5 Å². The van der Waals surface area contributed by atoms with Gasteiger partial charge in [0, 0.05) is 11.5 Å². The zero-order valence-electron chi connectivity index (χ0n) is 10.4. The molecule has 0 heterocycles. The molecule has 0 radical (unpaired) electrons. The predicted molar refractivity (Wildman–Crippen MR) is 69.8 cm³/mol. The van der Waals surface area contributed by atoms with E-state index in [0.29, 0.717) is 5.56 Å². The van der Waals surface area contributed by atoms with Gasteiger partial charge in [0.05, 0.1) is 0 Å². The number of carbonyl (C=O) groups excluding carboxylic acids is 1. The maximum absolute atomic E-state index is 15.4. The zero-order chi connectivity index (χ0) is 12.6. The van der Waals surface area contributed by atoms with Crippen LogP contribution in [0.2, 0.25) is 0 Å². The molecule has 2 heteroatoms. The highest BCUT2D eigenvalue weighted by Crippen LogP contribution is 2.46. The van der Waals surface area contributed by atoms with Crippen molar-refractivity contribution in [1.82, 2.24) is 0 Å². The van der Waals surface area contributed by atoms with Crippen LogP contribution in [0.3, 0.4) is 0 Å². The molecule has 0 aromatic heterocycles. The number of fused-ring (bicyclic) bond motifs is 1. The largest absolute Gasteiger partial charge is 0.291 e. The van der Waals surface area contributed by atoms with E-state index in [1.807, 2.05) is 18.2 Å². The molecule has 1 unspecified atom stereocenters. The van der Waals surface area contributed by atoms with Crippen molar-refractivity contribution in [1.29, 1.82) is 0 Å². The molecule has 1 aromatic rings. The van der Waals surface area contributed by atoms with Crippen LogP contribution in [0.5, 0.6) is 0 Å². The van der Waals surface area contributed by atoms with E-state index >= 15 is 4.39 Å². The maximum Gasteiger partial charge on any atom is 0.201 e. The summed E-state index contributed by atoms with van der Waals surface area (Å²) in [5, 5.41) is 0. The number of carbonyl (C=O) groups is 1. The van der Waals surface area contributed by atoms with E-state index in [-0.39, 0.29) is 11.7 Å². The average molecular weight is 244 g/mol. The van der Waals surface area contributed by atoms with E-state index in [4.69, 9.17) is 0 Å². The maximum atomic E-state index is 15.4. The van der Waals surface area contributed by atoms with Gasteiger partial charge in [-0.25, -0.2) is 4.39 Å². The van der Waals surface area contributed by atoms with Crippen molar-refractivity contribution in [3.63, 3.8) is 0 Å². The number of ketones is 1. The molecule has 94 valence electrons. The first-order valence-corrected chi connectivity index (χ1v) is 6.74. The number of halogens is 1. The quantitative estimate of drug-likeness (QED) is 0.729. The second-order valence-electron chi connectivity index (χ2n) is 5.33. The zero-order valence-corrected chi connectivity index (χ0v) is 10.4. The standard InChI is InChI=1S/C16H17FO/c17-16(13-7-2-1-3-8-13)14-9-5-4-6-12(14)10-11-15(16)18/h4-6,9-11,13H,1-3,7-8H2. The Labute approximate surface area is 107 Å². The smallest absolute Gasteiger partial charge is 0.201 e. The Kier molecular flexibility index (Phi) is 2.81. The highest BCUT2D eigenvalue weighted by molar-refractivity contribution is 6.04. The van der Waals surface area contributed by atoms with Gasteiger partial charge < -0.3 is 0 Å². The topological polar surface area (TPSA) is 17.1 Å². The normalized spacial score (nSPS) is 28.2. The van der Waals surface area contributed by atoms with Crippen LogP contribution in [0.1, 0.15) is 43.2 Å². The van der Waals surface area contributed by atoms with E-state index in [1.165, 1.54) is 6.08 Å². The molecular weight excluding hydrogens is 227 g/mol. The van der Waals surface area contributed by atoms with Crippen molar-refractivity contribution in [2.45, 2.75) is 37.8 Å². The van der Waals surface area contributed by atoms with Gasteiger partial charge >= 0.3 is 0 Å². The Balaban J connectivity index is 2.08. The van der Waals surface area contributed by atoms with E-state index in [2.05, 4.69) is 0 Å². The van der Waals surface area contributed by atoms with Crippen molar-refractivity contribution < 1.29 is 9.18 Å². The number of alkyl halides is 1. The molecule has 1 nitrogen and oxygen atoms in total. The summed E-state index contributed by atoms with van der Waals surface area (Å²) in [5.41, 5.74) is -0.360. The lowest BCUT2D eigenvalue weighted by molar-refractivity contribution is -0.131. The molecule has 2 aliphatic rings. The molecule has 2 aliphatic carbocycles. The third kappa shape index (κ3) is 1.63. The summed E-state index contributed by atoms with van der Waals surface area (Å²) in [6.45, 7) is 0. The molecule has 1 fully saturated rings. The first-order valence-electron chi connectivity index (χ1n) is 6.74. The lowest BCUT2D eigenvalue weighted by Gasteiger charge is -2.37. The minimum atomic E-state index is -1.79. The fourth-order valence-electron chi connectivity index (χ4n) is 3.31. The monoisotopic (exact) mass is 244 g/mol. The van der Waals surface area contributed by atoms with E-state index in [1.54, 1.807) is 12.1 Å². The minimum Gasteiger partial charge on any atom is -0.291 e. The van der Waals surface area contributed by atoms with Crippen LogP contribution in [0, 0.1) is 5.92 Å². The van der Waals surface area contributed by atoms with Gasteiger partial charge in [-0.15, -0.1) is 0 Å². The second kappa shape index (κ2) is 4.34. The number of benzene rings is 1. The molecule has 1 aromatic carbocycles. The molecule has 0 amide bonds. The number of allylic oxidation sites excluding steroid dienone is 1. The number of hydrogen-bond donors (Lipinski definition) is 0. The minimum absolute atomic E-state index is 0.148. The summed E-state index contributed by atoms with van der Waals surface area (Å²) in [6, 6.07) is 7.36. The lowest BCUT2D eigenvalue weighted by atomic mass is 9.69. The summed E-state index contributed by atoms with van der Waals surface area (Å²) in [6.07, 6.45) is 8.04. The van der Waals surface area contributed by atoms with Gasteiger partial charge in [-0.2, -0.15) is 0 Å². The van der Waals surface area contributed by atoms with Gasteiger partial charge in [0.15, 0.2) is 5.78 Å². The van der Waals surface area contributed by atoms with Gasteiger partial charge in [-0.05, 0) is 24.5 Å². The fourth-order valence-corrected chi connectivity index (χ4v) is 3.31. The van der Waals surface area contributed by atoms with Crippen LogP contribution in [-0.4, -0.2) is 5.78 Å². The molecule has 0 N–H and O–H groups in total. The van der Waals surface area contributed by atoms with Gasteiger partial charge in [0.25, 0.3) is 0 Å². The van der Waals surface area contributed by atoms with Crippen molar-refractivity contribution in [2.75, 3.05) is 0 Å². The van der Waals surface area contributed by atoms with Crippen LogP contribution in [0.4, 0.5) is 4.39 Å². The first kappa shape index (κ1) is 11.6. The lowest BCUT2D eigenvalue weighted by Crippen LogP contribution is -2.41.